The number of fused-ring (bicyclic) bond motifs is 1. The maximum Gasteiger partial charge on any atom is 0.131 e. The Morgan fingerprint density at radius 3 is 2.81 bits per heavy atom. The molecule has 1 unspecified atom stereocenters. The SMILES string of the molecule is Brc1ccc(C2=NCC3CCCCN23)cc1. The Bertz CT molecular complexity index is 410. The van der Waals surface area contributed by atoms with Gasteiger partial charge in [0.25, 0.3) is 0 Å². The molecular weight excluding hydrogens is 264 g/mol. The number of aliphatic imine (C=N–C) groups is 1. The van der Waals surface area contributed by atoms with Gasteiger partial charge < -0.3 is 4.90 Å². The molecule has 0 aliphatic carbocycles. The normalized spacial score (nSPS) is 24.2. The second-order valence-electron chi connectivity index (χ2n) is 4.51. The van der Waals surface area contributed by atoms with Gasteiger partial charge in [-0.05, 0) is 31.4 Å². The molecule has 2 aliphatic heterocycles. The first-order chi connectivity index (χ1) is 7.84. The monoisotopic (exact) mass is 278 g/mol. The summed E-state index contributed by atoms with van der Waals surface area (Å²) in [5.74, 6) is 1.21. The molecular formula is C13H15BrN2. The van der Waals surface area contributed by atoms with Crippen LogP contribution in [-0.2, 0) is 0 Å². The molecule has 2 heterocycles. The van der Waals surface area contributed by atoms with E-state index in [1.165, 1.54) is 37.2 Å². The summed E-state index contributed by atoms with van der Waals surface area (Å²) >= 11 is 3.47. The highest BCUT2D eigenvalue weighted by Crippen LogP contribution is 2.25. The summed E-state index contributed by atoms with van der Waals surface area (Å²) in [5, 5.41) is 0. The lowest BCUT2D eigenvalue weighted by Gasteiger charge is -2.32. The summed E-state index contributed by atoms with van der Waals surface area (Å²) in [7, 11) is 0. The second-order valence-corrected chi connectivity index (χ2v) is 5.43. The van der Waals surface area contributed by atoms with Crippen LogP contribution >= 0.6 is 15.9 Å². The minimum atomic E-state index is 0.674. The maximum absolute atomic E-state index is 4.71. The summed E-state index contributed by atoms with van der Waals surface area (Å²) in [6, 6.07) is 9.16. The Morgan fingerprint density at radius 1 is 1.19 bits per heavy atom. The highest BCUT2D eigenvalue weighted by atomic mass is 79.9. The smallest absolute Gasteiger partial charge is 0.131 e. The van der Waals surface area contributed by atoms with E-state index in [1.54, 1.807) is 0 Å². The molecule has 0 saturated carbocycles. The van der Waals surface area contributed by atoms with Gasteiger partial charge in [0, 0.05) is 16.6 Å². The van der Waals surface area contributed by atoms with Crippen molar-refractivity contribution < 1.29 is 0 Å². The fraction of sp³-hybridized carbons (Fsp3) is 0.462. The Balaban J connectivity index is 1.87. The van der Waals surface area contributed by atoms with Crippen LogP contribution < -0.4 is 0 Å². The highest BCUT2D eigenvalue weighted by Gasteiger charge is 2.30. The Kier molecular flexibility index (Phi) is 2.72. The number of rotatable bonds is 1. The van der Waals surface area contributed by atoms with Crippen LogP contribution in [0.5, 0.6) is 0 Å². The van der Waals surface area contributed by atoms with Crippen molar-refractivity contribution >= 4 is 21.8 Å². The third kappa shape index (κ3) is 1.77. The molecule has 0 spiro atoms. The molecule has 0 N–H and O–H groups in total. The van der Waals surface area contributed by atoms with Crippen molar-refractivity contribution in [2.24, 2.45) is 4.99 Å². The van der Waals surface area contributed by atoms with Crippen molar-refractivity contribution in [2.45, 2.75) is 25.3 Å². The molecule has 1 atom stereocenters. The third-order valence-corrected chi connectivity index (χ3v) is 3.98. The quantitative estimate of drug-likeness (QED) is 0.771. The molecule has 16 heavy (non-hydrogen) atoms. The van der Waals surface area contributed by atoms with Crippen molar-refractivity contribution in [3.05, 3.63) is 34.3 Å². The van der Waals surface area contributed by atoms with E-state index in [2.05, 4.69) is 45.1 Å². The average Bonchev–Trinajstić information content (AvgIpc) is 2.74. The molecule has 1 aromatic carbocycles. The van der Waals surface area contributed by atoms with Gasteiger partial charge in [-0.1, -0.05) is 28.1 Å². The Morgan fingerprint density at radius 2 is 2.00 bits per heavy atom. The van der Waals surface area contributed by atoms with Gasteiger partial charge in [-0.25, -0.2) is 0 Å². The molecule has 3 rings (SSSR count). The first-order valence-electron chi connectivity index (χ1n) is 5.91. The first-order valence-corrected chi connectivity index (χ1v) is 6.71. The van der Waals surface area contributed by atoms with Crippen LogP contribution in [0.25, 0.3) is 0 Å². The van der Waals surface area contributed by atoms with Crippen LogP contribution in [-0.4, -0.2) is 29.9 Å². The third-order valence-electron chi connectivity index (χ3n) is 3.45. The van der Waals surface area contributed by atoms with E-state index in [-0.39, 0.29) is 0 Å². The first kappa shape index (κ1) is 10.3. The Hall–Kier alpha value is -0.830. The topological polar surface area (TPSA) is 15.6 Å². The van der Waals surface area contributed by atoms with Gasteiger partial charge in [0.05, 0.1) is 12.6 Å². The van der Waals surface area contributed by atoms with E-state index in [9.17, 15) is 0 Å². The van der Waals surface area contributed by atoms with Crippen LogP contribution in [0.4, 0.5) is 0 Å². The van der Waals surface area contributed by atoms with Gasteiger partial charge in [0.2, 0.25) is 0 Å². The molecule has 0 aromatic heterocycles. The van der Waals surface area contributed by atoms with Gasteiger partial charge in [0.15, 0.2) is 0 Å². The molecule has 1 fully saturated rings. The van der Waals surface area contributed by atoms with Gasteiger partial charge in [0.1, 0.15) is 5.84 Å². The number of piperidine rings is 1. The second kappa shape index (κ2) is 4.21. The number of halogens is 1. The standard InChI is InChI=1S/C13H15BrN2/c14-11-6-4-10(5-7-11)13-15-9-12-3-1-2-8-16(12)13/h4-7,12H,1-3,8-9H2. The predicted octanol–water partition coefficient (Wildman–Crippen LogP) is 3.06. The fourth-order valence-corrected chi connectivity index (χ4v) is 2.87. The number of amidine groups is 1. The summed E-state index contributed by atoms with van der Waals surface area (Å²) in [6.07, 6.45) is 3.99. The van der Waals surface area contributed by atoms with Crippen molar-refractivity contribution in [3.8, 4) is 0 Å². The lowest BCUT2D eigenvalue weighted by atomic mass is 10.0. The zero-order valence-corrected chi connectivity index (χ0v) is 10.8. The fourth-order valence-electron chi connectivity index (χ4n) is 2.61. The van der Waals surface area contributed by atoms with Crippen LogP contribution in [0.1, 0.15) is 24.8 Å². The van der Waals surface area contributed by atoms with Crippen molar-refractivity contribution in [2.75, 3.05) is 13.1 Å². The average molecular weight is 279 g/mol. The number of benzene rings is 1. The molecule has 1 saturated heterocycles. The minimum Gasteiger partial charge on any atom is -0.352 e. The number of hydrogen-bond acceptors (Lipinski definition) is 2. The lowest BCUT2D eigenvalue weighted by Crippen LogP contribution is -2.40. The maximum atomic E-state index is 4.71. The lowest BCUT2D eigenvalue weighted by molar-refractivity contribution is 0.269. The molecule has 84 valence electrons. The van der Waals surface area contributed by atoms with Crippen LogP contribution in [0.15, 0.2) is 33.7 Å². The number of hydrogen-bond donors (Lipinski definition) is 0. The summed E-state index contributed by atoms with van der Waals surface area (Å²) < 4.78 is 1.13. The highest BCUT2D eigenvalue weighted by molar-refractivity contribution is 9.10. The zero-order valence-electron chi connectivity index (χ0n) is 9.19. The van der Waals surface area contributed by atoms with E-state index < -0.39 is 0 Å². The Labute approximate surface area is 104 Å². The van der Waals surface area contributed by atoms with E-state index in [4.69, 9.17) is 4.99 Å². The molecule has 0 radical (unpaired) electrons. The van der Waals surface area contributed by atoms with E-state index >= 15 is 0 Å². The molecule has 0 amide bonds. The van der Waals surface area contributed by atoms with Gasteiger partial charge >= 0.3 is 0 Å². The molecule has 2 aliphatic rings. The van der Waals surface area contributed by atoms with E-state index in [0.717, 1.165) is 11.0 Å². The van der Waals surface area contributed by atoms with E-state index in [0.29, 0.717) is 6.04 Å². The van der Waals surface area contributed by atoms with Crippen molar-refractivity contribution in [1.29, 1.82) is 0 Å². The van der Waals surface area contributed by atoms with Crippen LogP contribution in [0.3, 0.4) is 0 Å². The van der Waals surface area contributed by atoms with Crippen molar-refractivity contribution in [1.82, 2.24) is 4.90 Å². The summed E-state index contributed by atoms with van der Waals surface area (Å²) in [6.45, 7) is 2.17. The van der Waals surface area contributed by atoms with Gasteiger partial charge in [-0.2, -0.15) is 0 Å². The van der Waals surface area contributed by atoms with Crippen molar-refractivity contribution in [3.63, 3.8) is 0 Å². The predicted molar refractivity (Wildman–Crippen MR) is 69.9 cm³/mol. The molecule has 1 aromatic rings. The van der Waals surface area contributed by atoms with Gasteiger partial charge in [-0.15, -0.1) is 0 Å². The van der Waals surface area contributed by atoms with Crippen LogP contribution in [0, 0.1) is 0 Å². The zero-order chi connectivity index (χ0) is 11.0. The number of nitrogens with zero attached hydrogens (tertiary/aromatic N) is 2. The van der Waals surface area contributed by atoms with E-state index in [1.807, 2.05) is 0 Å². The molecule has 0 bridgehead atoms. The minimum absolute atomic E-state index is 0.674. The molecule has 2 nitrogen and oxygen atoms in total. The largest absolute Gasteiger partial charge is 0.352 e. The van der Waals surface area contributed by atoms with Crippen LogP contribution in [0.2, 0.25) is 0 Å². The van der Waals surface area contributed by atoms with Gasteiger partial charge in [-0.3, -0.25) is 4.99 Å². The molecule has 3 heteroatoms. The summed E-state index contributed by atoms with van der Waals surface area (Å²) in [4.78, 5) is 7.20. The summed E-state index contributed by atoms with van der Waals surface area (Å²) in [5.41, 5.74) is 1.26.